The minimum atomic E-state index is -1.62. The Labute approximate surface area is 227 Å². The molecule has 3 aliphatic heterocycles. The highest BCUT2D eigenvalue weighted by Crippen LogP contribution is 2.44. The Bertz CT molecular complexity index is 1250. The number of nitrogens with zero attached hydrogens (tertiary/aromatic N) is 4. The lowest BCUT2D eigenvalue weighted by molar-refractivity contribution is -0.197. The number of fused-ring (bicyclic) bond motifs is 1. The molecule has 1 aromatic carbocycles. The third-order valence-electron chi connectivity index (χ3n) is 8.67. The van der Waals surface area contributed by atoms with Gasteiger partial charge < -0.3 is 20.1 Å². The first kappa shape index (κ1) is 26.0. The normalized spacial score (nSPS) is 28.8. The van der Waals surface area contributed by atoms with E-state index in [-0.39, 0.29) is 17.7 Å². The number of carbonyl (C=O) groups is 2. The van der Waals surface area contributed by atoms with E-state index in [0.29, 0.717) is 43.9 Å². The molecule has 39 heavy (non-hydrogen) atoms. The molecule has 4 aliphatic rings. The predicted octanol–water partition coefficient (Wildman–Crippen LogP) is 1.41. The summed E-state index contributed by atoms with van der Waals surface area (Å²) in [4.78, 5) is 30.6. The van der Waals surface area contributed by atoms with E-state index in [9.17, 15) is 9.59 Å². The zero-order valence-corrected chi connectivity index (χ0v) is 22.1. The van der Waals surface area contributed by atoms with Crippen molar-refractivity contribution in [1.29, 1.82) is 0 Å². The molecule has 0 saturated carbocycles. The van der Waals surface area contributed by atoms with Crippen molar-refractivity contribution in [3.05, 3.63) is 60.0 Å². The Balaban J connectivity index is 1.45. The van der Waals surface area contributed by atoms with Gasteiger partial charge in [0.1, 0.15) is 11.7 Å². The minimum Gasteiger partial charge on any atom is -0.373 e. The number of aromatic nitrogens is 4. The average molecular weight is 534 g/mol. The number of allylic oxidation sites excluding steroid dienone is 2. The van der Waals surface area contributed by atoms with E-state index >= 15 is 0 Å². The van der Waals surface area contributed by atoms with Crippen molar-refractivity contribution in [1.82, 2.24) is 31.3 Å². The van der Waals surface area contributed by atoms with Crippen molar-refractivity contribution in [2.45, 2.75) is 49.4 Å². The Kier molecular flexibility index (Phi) is 7.15. The Morgan fingerprint density at radius 2 is 1.85 bits per heavy atom. The number of tetrazole rings is 1. The summed E-state index contributed by atoms with van der Waals surface area (Å²) in [6.07, 6.45) is 9.88. The molecule has 6 rings (SSSR count). The summed E-state index contributed by atoms with van der Waals surface area (Å²) < 4.78 is 12.9. The van der Waals surface area contributed by atoms with Crippen molar-refractivity contribution < 1.29 is 19.1 Å². The van der Waals surface area contributed by atoms with Crippen LogP contribution in [0.25, 0.3) is 0 Å². The van der Waals surface area contributed by atoms with Crippen LogP contribution in [0.15, 0.2) is 48.6 Å². The molecule has 1 aromatic heterocycles. The molecule has 2 aromatic rings. The molecule has 1 aliphatic carbocycles. The van der Waals surface area contributed by atoms with E-state index in [4.69, 9.17) is 9.47 Å². The number of benzene rings is 1. The molecule has 11 nitrogen and oxygen atoms in total. The van der Waals surface area contributed by atoms with Gasteiger partial charge in [-0.3, -0.25) is 9.59 Å². The summed E-state index contributed by atoms with van der Waals surface area (Å²) in [7, 11) is 1.55. The second-order valence-corrected chi connectivity index (χ2v) is 10.8. The quantitative estimate of drug-likeness (QED) is 0.471. The number of piperidine rings is 2. The monoisotopic (exact) mass is 533 g/mol. The molecule has 0 spiro atoms. The fraction of sp³-hybridized carbons (Fsp3) is 0.536. The number of hydrogen-bond donors (Lipinski definition) is 3. The molecule has 2 fully saturated rings. The zero-order chi connectivity index (χ0) is 26.9. The van der Waals surface area contributed by atoms with E-state index in [0.717, 1.165) is 31.5 Å². The van der Waals surface area contributed by atoms with Crippen LogP contribution >= 0.6 is 0 Å². The number of hydrogen-bond acceptors (Lipinski definition) is 9. The average Bonchev–Trinajstić information content (AvgIpc) is 3.54. The number of carbonyl (C=O) groups excluding carboxylic acids is 2. The van der Waals surface area contributed by atoms with Gasteiger partial charge in [0, 0.05) is 13.0 Å². The summed E-state index contributed by atoms with van der Waals surface area (Å²) in [6, 6.07) is 7.69. The van der Waals surface area contributed by atoms with Gasteiger partial charge in [-0.15, -0.1) is 5.10 Å². The molecule has 206 valence electrons. The highest BCUT2D eigenvalue weighted by Gasteiger charge is 2.57. The van der Waals surface area contributed by atoms with Crippen molar-refractivity contribution in [3.8, 4) is 0 Å². The largest absolute Gasteiger partial charge is 0.373 e. The first-order valence-corrected chi connectivity index (χ1v) is 13.8. The third kappa shape index (κ3) is 4.53. The standard InChI is InChI=1S/C28H35N7O4/c1-38-23-8-4-5-11-28(23,39-27(12-16-30-17-13-27)25-31-33-34-32-25)26(37)35-22-7-3-2-6-20(22)18-21(24(35)36)19-9-14-29-15-10-19/h2-8,11,19,21,23,29-30H,9-10,12-18H2,1H3,(H,31,32,33,34). The summed E-state index contributed by atoms with van der Waals surface area (Å²) in [5.41, 5.74) is -1.00. The van der Waals surface area contributed by atoms with Crippen molar-refractivity contribution in [2.24, 2.45) is 11.8 Å². The van der Waals surface area contributed by atoms with Crippen LogP contribution in [-0.2, 0) is 31.1 Å². The van der Waals surface area contributed by atoms with Gasteiger partial charge in [0.05, 0.1) is 5.69 Å². The lowest BCUT2D eigenvalue weighted by Gasteiger charge is -2.47. The van der Waals surface area contributed by atoms with Crippen LogP contribution in [0.4, 0.5) is 5.69 Å². The second kappa shape index (κ2) is 10.7. The van der Waals surface area contributed by atoms with Crippen molar-refractivity contribution in [3.63, 3.8) is 0 Å². The molecule has 3 unspecified atom stereocenters. The Morgan fingerprint density at radius 3 is 2.59 bits per heavy atom. The van der Waals surface area contributed by atoms with E-state index in [1.807, 2.05) is 30.3 Å². The van der Waals surface area contributed by atoms with Crippen molar-refractivity contribution in [2.75, 3.05) is 38.2 Å². The maximum Gasteiger partial charge on any atom is 0.273 e. The number of ether oxygens (including phenoxy) is 2. The number of aromatic amines is 1. The fourth-order valence-corrected chi connectivity index (χ4v) is 6.59. The van der Waals surface area contributed by atoms with Crippen LogP contribution in [0.2, 0.25) is 0 Å². The van der Waals surface area contributed by atoms with Crippen LogP contribution in [0.5, 0.6) is 0 Å². The van der Waals surface area contributed by atoms with Gasteiger partial charge >= 0.3 is 0 Å². The minimum absolute atomic E-state index is 0.174. The van der Waals surface area contributed by atoms with Gasteiger partial charge in [-0.05, 0) is 92.3 Å². The number of H-pyrrole nitrogens is 1. The maximum absolute atomic E-state index is 15.0. The van der Waals surface area contributed by atoms with Crippen LogP contribution in [0.1, 0.15) is 37.1 Å². The summed E-state index contributed by atoms with van der Waals surface area (Å²) in [5.74, 6) is -0.260. The summed E-state index contributed by atoms with van der Waals surface area (Å²) >= 11 is 0. The molecule has 4 heterocycles. The Morgan fingerprint density at radius 1 is 1.08 bits per heavy atom. The van der Waals surface area contributed by atoms with Crippen LogP contribution in [-0.4, -0.2) is 77.4 Å². The molecule has 3 atom stereocenters. The second-order valence-electron chi connectivity index (χ2n) is 10.8. The zero-order valence-electron chi connectivity index (χ0n) is 22.1. The summed E-state index contributed by atoms with van der Waals surface area (Å²) in [5, 5.41) is 21.4. The van der Waals surface area contributed by atoms with Crippen LogP contribution < -0.4 is 15.5 Å². The van der Waals surface area contributed by atoms with Gasteiger partial charge in [0.15, 0.2) is 11.4 Å². The van der Waals surface area contributed by atoms with Crippen LogP contribution in [0.3, 0.4) is 0 Å². The maximum atomic E-state index is 15.0. The number of rotatable bonds is 6. The molecule has 2 saturated heterocycles. The van der Waals surface area contributed by atoms with E-state index in [1.54, 1.807) is 25.3 Å². The summed E-state index contributed by atoms with van der Waals surface area (Å²) in [6.45, 7) is 3.06. The third-order valence-corrected chi connectivity index (χ3v) is 8.67. The molecular formula is C28H35N7O4. The highest BCUT2D eigenvalue weighted by atomic mass is 16.6. The lowest BCUT2D eigenvalue weighted by atomic mass is 9.77. The first-order chi connectivity index (χ1) is 19.1. The van der Waals surface area contributed by atoms with Crippen LogP contribution in [0, 0.1) is 11.8 Å². The predicted molar refractivity (Wildman–Crippen MR) is 143 cm³/mol. The van der Waals surface area contributed by atoms with Gasteiger partial charge in [0.25, 0.3) is 5.91 Å². The van der Waals surface area contributed by atoms with E-state index in [1.165, 1.54) is 4.90 Å². The molecule has 0 bridgehead atoms. The first-order valence-electron chi connectivity index (χ1n) is 13.8. The molecule has 11 heteroatoms. The number of nitrogens with one attached hydrogen (secondary N) is 3. The highest BCUT2D eigenvalue weighted by molar-refractivity contribution is 6.20. The number of para-hydroxylation sites is 1. The molecule has 0 radical (unpaired) electrons. The van der Waals surface area contributed by atoms with Crippen molar-refractivity contribution >= 4 is 17.5 Å². The number of methoxy groups -OCH3 is 1. The number of anilines is 1. The molecular weight excluding hydrogens is 498 g/mol. The number of imide groups is 1. The van der Waals surface area contributed by atoms with Gasteiger partial charge in [0.2, 0.25) is 5.91 Å². The molecule has 2 amide bonds. The topological polar surface area (TPSA) is 134 Å². The van der Waals surface area contributed by atoms with Gasteiger partial charge in [-0.2, -0.15) is 0 Å². The van der Waals surface area contributed by atoms with E-state index < -0.39 is 23.2 Å². The smallest absolute Gasteiger partial charge is 0.273 e. The van der Waals surface area contributed by atoms with E-state index in [2.05, 4.69) is 31.3 Å². The molecule has 3 N–H and O–H groups in total. The number of amides is 2. The fourth-order valence-electron chi connectivity index (χ4n) is 6.59. The Hall–Kier alpha value is -3.25. The van der Waals surface area contributed by atoms with Gasteiger partial charge in [-0.25, -0.2) is 10.00 Å². The van der Waals surface area contributed by atoms with Gasteiger partial charge in [-0.1, -0.05) is 36.4 Å². The SMILES string of the molecule is COC1C=CC=CC1(OC1(c2nnn[nH]2)CCNCC1)C(=O)N1C(=O)C(C2CCNCC2)Cc2ccccc21. The lowest BCUT2D eigenvalue weighted by Crippen LogP contribution is -2.64.